The van der Waals surface area contributed by atoms with Gasteiger partial charge in [0.1, 0.15) is 5.75 Å². The molecular weight excluding hydrogens is 166 g/mol. The average Bonchev–Trinajstić information content (AvgIpc) is 1.97. The van der Waals surface area contributed by atoms with Crippen molar-refractivity contribution in [3.05, 3.63) is 22.7 Å². The van der Waals surface area contributed by atoms with E-state index in [9.17, 15) is 0 Å². The van der Waals surface area contributed by atoms with Gasteiger partial charge in [0.15, 0.2) is 0 Å². The fourth-order valence-corrected chi connectivity index (χ4v) is 0.974. The molecule has 0 heterocycles. The summed E-state index contributed by atoms with van der Waals surface area (Å²) >= 11 is 5.65. The lowest BCUT2D eigenvalue weighted by atomic mass is 10.2. The topological polar surface area (TPSA) is 66.5 Å². The molecule has 0 spiro atoms. The van der Waals surface area contributed by atoms with Crippen LogP contribution in [-0.2, 0) is 6.61 Å². The second-order valence-electron chi connectivity index (χ2n) is 2.16. The molecule has 0 fully saturated rings. The lowest BCUT2D eigenvalue weighted by Crippen LogP contribution is -1.90. The number of rotatable bonds is 1. The highest BCUT2D eigenvalue weighted by molar-refractivity contribution is 6.31. The number of anilines is 1. The zero-order valence-electron chi connectivity index (χ0n) is 5.71. The van der Waals surface area contributed by atoms with Crippen molar-refractivity contribution in [3.8, 4) is 5.75 Å². The Morgan fingerprint density at radius 2 is 2.09 bits per heavy atom. The van der Waals surface area contributed by atoms with E-state index in [0.717, 1.165) is 0 Å². The van der Waals surface area contributed by atoms with Crippen molar-refractivity contribution in [2.24, 2.45) is 0 Å². The molecule has 0 aliphatic rings. The second kappa shape index (κ2) is 2.98. The number of hydrogen-bond donors (Lipinski definition) is 3. The van der Waals surface area contributed by atoms with Crippen LogP contribution < -0.4 is 5.73 Å². The first kappa shape index (κ1) is 8.17. The number of phenolic OH excluding ortho intramolecular Hbond substituents is 1. The summed E-state index contributed by atoms with van der Waals surface area (Å²) in [7, 11) is 0. The smallest absolute Gasteiger partial charge is 0.138 e. The van der Waals surface area contributed by atoms with Crippen molar-refractivity contribution in [1.82, 2.24) is 0 Å². The molecule has 0 aliphatic carbocycles. The molecule has 0 saturated carbocycles. The average molecular weight is 174 g/mol. The number of benzene rings is 1. The highest BCUT2D eigenvalue weighted by Gasteiger charge is 2.03. The van der Waals surface area contributed by atoms with Crippen molar-refractivity contribution < 1.29 is 10.2 Å². The molecule has 11 heavy (non-hydrogen) atoms. The summed E-state index contributed by atoms with van der Waals surface area (Å²) in [5, 5.41) is 18.1. The zero-order chi connectivity index (χ0) is 8.43. The van der Waals surface area contributed by atoms with Gasteiger partial charge in [-0.15, -0.1) is 0 Å². The largest absolute Gasteiger partial charge is 0.506 e. The fourth-order valence-electron chi connectivity index (χ4n) is 0.742. The van der Waals surface area contributed by atoms with Gasteiger partial charge in [-0.05, 0) is 17.7 Å². The van der Waals surface area contributed by atoms with Gasteiger partial charge < -0.3 is 15.9 Å². The van der Waals surface area contributed by atoms with Crippen molar-refractivity contribution in [3.63, 3.8) is 0 Å². The molecule has 0 aromatic heterocycles. The van der Waals surface area contributed by atoms with Crippen LogP contribution in [0.25, 0.3) is 0 Å². The Hall–Kier alpha value is -0.930. The number of hydrogen-bond acceptors (Lipinski definition) is 3. The molecule has 3 nitrogen and oxygen atoms in total. The van der Waals surface area contributed by atoms with E-state index in [-0.39, 0.29) is 18.0 Å². The Kier molecular flexibility index (Phi) is 2.22. The lowest BCUT2D eigenvalue weighted by Gasteiger charge is -2.03. The lowest BCUT2D eigenvalue weighted by molar-refractivity contribution is 0.281. The zero-order valence-corrected chi connectivity index (χ0v) is 6.47. The standard InChI is InChI=1S/C7H8ClNO2/c8-5-2-6(9)7(11)1-4(5)3-10/h1-2,10-11H,3,9H2. The predicted molar refractivity (Wildman–Crippen MR) is 43.5 cm³/mol. The number of nitrogens with two attached hydrogens (primary N) is 1. The molecular formula is C7H8ClNO2. The molecule has 4 heteroatoms. The molecule has 4 N–H and O–H groups in total. The highest BCUT2D eigenvalue weighted by atomic mass is 35.5. The van der Waals surface area contributed by atoms with Gasteiger partial charge in [0, 0.05) is 5.02 Å². The van der Waals surface area contributed by atoms with Crippen LogP contribution in [0.4, 0.5) is 5.69 Å². The summed E-state index contributed by atoms with van der Waals surface area (Å²) in [6, 6.07) is 2.75. The number of aromatic hydroxyl groups is 1. The first-order valence-electron chi connectivity index (χ1n) is 3.03. The molecule has 1 rings (SSSR count). The Morgan fingerprint density at radius 1 is 1.45 bits per heavy atom. The first-order valence-corrected chi connectivity index (χ1v) is 3.40. The van der Waals surface area contributed by atoms with E-state index in [1.807, 2.05) is 0 Å². The number of aliphatic hydroxyl groups is 1. The van der Waals surface area contributed by atoms with E-state index in [0.29, 0.717) is 10.6 Å². The highest BCUT2D eigenvalue weighted by Crippen LogP contribution is 2.27. The van der Waals surface area contributed by atoms with Crippen LogP contribution in [-0.4, -0.2) is 10.2 Å². The fraction of sp³-hybridized carbons (Fsp3) is 0.143. The Labute approximate surface area is 69.0 Å². The third-order valence-electron chi connectivity index (χ3n) is 1.37. The van der Waals surface area contributed by atoms with E-state index in [1.54, 1.807) is 0 Å². The summed E-state index contributed by atoms with van der Waals surface area (Å²) in [6.07, 6.45) is 0. The van der Waals surface area contributed by atoms with Crippen LogP contribution in [0.15, 0.2) is 12.1 Å². The van der Waals surface area contributed by atoms with E-state index in [1.165, 1.54) is 12.1 Å². The van der Waals surface area contributed by atoms with Crippen molar-refractivity contribution >= 4 is 17.3 Å². The van der Waals surface area contributed by atoms with Crippen LogP contribution in [0.3, 0.4) is 0 Å². The third-order valence-corrected chi connectivity index (χ3v) is 1.72. The van der Waals surface area contributed by atoms with Crippen molar-refractivity contribution in [2.45, 2.75) is 6.61 Å². The number of halogens is 1. The molecule has 0 aliphatic heterocycles. The summed E-state index contributed by atoms with van der Waals surface area (Å²) in [5.41, 5.74) is 6.01. The summed E-state index contributed by atoms with van der Waals surface area (Å²) in [6.45, 7) is -0.202. The number of phenols is 1. The summed E-state index contributed by atoms with van der Waals surface area (Å²) in [4.78, 5) is 0. The van der Waals surface area contributed by atoms with Crippen LogP contribution in [0, 0.1) is 0 Å². The normalized spacial score (nSPS) is 10.0. The maximum absolute atomic E-state index is 9.06. The quantitative estimate of drug-likeness (QED) is 0.441. The van der Waals surface area contributed by atoms with Gasteiger partial charge >= 0.3 is 0 Å². The van der Waals surface area contributed by atoms with Gasteiger partial charge in [-0.1, -0.05) is 11.6 Å². The summed E-state index contributed by atoms with van der Waals surface area (Å²) in [5.74, 6) is -0.0570. The van der Waals surface area contributed by atoms with Crippen LogP contribution >= 0.6 is 11.6 Å². The molecule has 0 saturated heterocycles. The monoisotopic (exact) mass is 173 g/mol. The maximum atomic E-state index is 9.06. The second-order valence-corrected chi connectivity index (χ2v) is 2.57. The molecule has 0 radical (unpaired) electrons. The van der Waals surface area contributed by atoms with E-state index >= 15 is 0 Å². The van der Waals surface area contributed by atoms with E-state index < -0.39 is 0 Å². The Bertz CT molecular complexity index is 275. The van der Waals surface area contributed by atoms with Gasteiger partial charge in [-0.3, -0.25) is 0 Å². The Morgan fingerprint density at radius 3 is 2.64 bits per heavy atom. The molecule has 1 aromatic rings. The maximum Gasteiger partial charge on any atom is 0.138 e. The van der Waals surface area contributed by atoms with Crippen molar-refractivity contribution in [2.75, 3.05) is 5.73 Å². The molecule has 0 unspecified atom stereocenters. The van der Waals surface area contributed by atoms with Gasteiger partial charge in [0.2, 0.25) is 0 Å². The summed E-state index contributed by atoms with van der Waals surface area (Å²) < 4.78 is 0. The molecule has 1 aromatic carbocycles. The minimum atomic E-state index is -0.202. The molecule has 0 bridgehead atoms. The SMILES string of the molecule is Nc1cc(Cl)c(CO)cc1O. The minimum absolute atomic E-state index is 0.0570. The number of nitrogen functional groups attached to an aromatic ring is 1. The molecule has 0 atom stereocenters. The van der Waals surface area contributed by atoms with E-state index in [2.05, 4.69) is 0 Å². The molecule has 60 valence electrons. The van der Waals surface area contributed by atoms with Gasteiger partial charge in [0.25, 0.3) is 0 Å². The van der Waals surface area contributed by atoms with Crippen molar-refractivity contribution in [1.29, 1.82) is 0 Å². The van der Waals surface area contributed by atoms with Gasteiger partial charge in [0.05, 0.1) is 12.3 Å². The van der Waals surface area contributed by atoms with Crippen LogP contribution in [0.5, 0.6) is 5.75 Å². The van der Waals surface area contributed by atoms with Crippen LogP contribution in [0.2, 0.25) is 5.02 Å². The van der Waals surface area contributed by atoms with Gasteiger partial charge in [-0.25, -0.2) is 0 Å². The van der Waals surface area contributed by atoms with Gasteiger partial charge in [-0.2, -0.15) is 0 Å². The van der Waals surface area contributed by atoms with Crippen LogP contribution in [0.1, 0.15) is 5.56 Å². The first-order chi connectivity index (χ1) is 5.15. The molecule has 0 amide bonds. The van der Waals surface area contributed by atoms with E-state index in [4.69, 9.17) is 27.5 Å². The predicted octanol–water partition coefficient (Wildman–Crippen LogP) is 1.12. The Balaban J connectivity index is 3.21. The third kappa shape index (κ3) is 1.56. The minimum Gasteiger partial charge on any atom is -0.506 e. The number of aliphatic hydroxyl groups excluding tert-OH is 1.